The van der Waals surface area contributed by atoms with Crippen LogP contribution in [0.4, 0.5) is 5.69 Å². The third kappa shape index (κ3) is 4.72. The second kappa shape index (κ2) is 7.67. The molecule has 1 amide bonds. The molecule has 24 heavy (non-hydrogen) atoms. The second-order valence-corrected chi connectivity index (χ2v) is 8.07. The van der Waals surface area contributed by atoms with Gasteiger partial charge in [-0.15, -0.1) is 0 Å². The minimum absolute atomic E-state index is 0.0222. The molecule has 8 heteroatoms. The highest BCUT2D eigenvalue weighted by Crippen LogP contribution is 2.27. The third-order valence-electron chi connectivity index (χ3n) is 3.16. The normalized spacial score (nSPS) is 11.1. The summed E-state index contributed by atoms with van der Waals surface area (Å²) in [5.41, 5.74) is 0.0222. The summed E-state index contributed by atoms with van der Waals surface area (Å²) in [7, 11) is -3.43. The summed E-state index contributed by atoms with van der Waals surface area (Å²) in [5.74, 6) is -0.293. The van der Waals surface area contributed by atoms with E-state index < -0.39 is 15.7 Å². The Kier molecular flexibility index (Phi) is 5.84. The van der Waals surface area contributed by atoms with Crippen LogP contribution in [0.15, 0.2) is 51.8 Å². The van der Waals surface area contributed by atoms with Crippen molar-refractivity contribution in [3.63, 3.8) is 0 Å². The highest BCUT2D eigenvalue weighted by molar-refractivity contribution is 9.10. The smallest absolute Gasteiger partial charge is 0.262 e. The number of hydrogen-bond acceptors (Lipinski definition) is 5. The van der Waals surface area contributed by atoms with E-state index in [-0.39, 0.29) is 28.7 Å². The summed E-state index contributed by atoms with van der Waals surface area (Å²) in [6, 6.07) is 10.7. The van der Waals surface area contributed by atoms with Crippen molar-refractivity contribution < 1.29 is 23.1 Å². The maximum atomic E-state index is 11.9. The Morgan fingerprint density at radius 3 is 2.50 bits per heavy atom. The van der Waals surface area contributed by atoms with Crippen molar-refractivity contribution in [2.75, 3.05) is 17.7 Å². The third-order valence-corrected chi connectivity index (χ3v) is 5.43. The Labute approximate surface area is 148 Å². The Bertz CT molecular complexity index is 834. The van der Waals surface area contributed by atoms with Gasteiger partial charge in [-0.05, 0) is 42.5 Å². The highest BCUT2D eigenvalue weighted by atomic mass is 79.9. The lowest BCUT2D eigenvalue weighted by Gasteiger charge is -2.10. The zero-order valence-corrected chi connectivity index (χ0v) is 15.2. The standard InChI is InChI=1S/C16H16BrNO5S/c1-2-24(21,22)13-7-8-15(19)14(9-13)18-16(20)10-23-12-5-3-11(17)4-6-12/h3-9,19H,2,10H2,1H3,(H,18,20). The van der Waals surface area contributed by atoms with E-state index in [0.29, 0.717) is 5.75 Å². The number of carbonyl (C=O) groups is 1. The molecule has 6 nitrogen and oxygen atoms in total. The van der Waals surface area contributed by atoms with Crippen molar-refractivity contribution >= 4 is 37.4 Å². The number of benzene rings is 2. The number of hydrogen-bond donors (Lipinski definition) is 2. The van der Waals surface area contributed by atoms with Crippen molar-refractivity contribution in [3.05, 3.63) is 46.9 Å². The predicted octanol–water partition coefficient (Wildman–Crippen LogP) is 2.97. The van der Waals surface area contributed by atoms with Gasteiger partial charge in [-0.25, -0.2) is 8.42 Å². The average molecular weight is 414 g/mol. The lowest BCUT2D eigenvalue weighted by molar-refractivity contribution is -0.118. The van der Waals surface area contributed by atoms with E-state index in [1.54, 1.807) is 24.3 Å². The quantitative estimate of drug-likeness (QED) is 0.710. The number of rotatable bonds is 6. The minimum atomic E-state index is -3.43. The van der Waals surface area contributed by atoms with Gasteiger partial charge in [0.05, 0.1) is 16.3 Å². The zero-order valence-electron chi connectivity index (χ0n) is 12.8. The van der Waals surface area contributed by atoms with E-state index in [4.69, 9.17) is 4.74 Å². The number of phenols is 1. The van der Waals surface area contributed by atoms with Crippen LogP contribution in [0.2, 0.25) is 0 Å². The summed E-state index contributed by atoms with van der Waals surface area (Å²) in [4.78, 5) is 12.0. The predicted molar refractivity (Wildman–Crippen MR) is 94.1 cm³/mol. The molecular weight excluding hydrogens is 398 g/mol. The number of phenolic OH excluding ortho intramolecular Hbond substituents is 1. The fourth-order valence-electron chi connectivity index (χ4n) is 1.84. The number of nitrogens with one attached hydrogen (secondary N) is 1. The second-order valence-electron chi connectivity index (χ2n) is 4.87. The van der Waals surface area contributed by atoms with E-state index in [9.17, 15) is 18.3 Å². The van der Waals surface area contributed by atoms with Gasteiger partial charge in [0.2, 0.25) is 0 Å². The van der Waals surface area contributed by atoms with Gasteiger partial charge in [0.15, 0.2) is 16.4 Å². The molecule has 2 rings (SSSR count). The summed E-state index contributed by atoms with van der Waals surface area (Å²) in [6.45, 7) is 1.25. The summed E-state index contributed by atoms with van der Waals surface area (Å²) >= 11 is 3.29. The number of ether oxygens (including phenoxy) is 1. The monoisotopic (exact) mass is 413 g/mol. The molecule has 0 saturated heterocycles. The molecule has 0 fully saturated rings. The lowest BCUT2D eigenvalue weighted by Crippen LogP contribution is -2.20. The first-order valence-corrected chi connectivity index (χ1v) is 9.50. The van der Waals surface area contributed by atoms with Crippen LogP contribution in [0.3, 0.4) is 0 Å². The van der Waals surface area contributed by atoms with Gasteiger partial charge >= 0.3 is 0 Å². The highest BCUT2D eigenvalue weighted by Gasteiger charge is 2.15. The lowest BCUT2D eigenvalue weighted by atomic mass is 10.3. The number of amides is 1. The Balaban J connectivity index is 2.05. The summed E-state index contributed by atoms with van der Waals surface area (Å²) in [6.07, 6.45) is 0. The van der Waals surface area contributed by atoms with Crippen molar-refractivity contribution in [3.8, 4) is 11.5 Å². The Morgan fingerprint density at radius 2 is 1.88 bits per heavy atom. The number of sulfone groups is 1. The summed E-state index contributed by atoms with van der Waals surface area (Å²) in [5, 5.41) is 12.2. The first-order valence-electron chi connectivity index (χ1n) is 7.06. The van der Waals surface area contributed by atoms with Gasteiger partial charge in [-0.3, -0.25) is 4.79 Å². The van der Waals surface area contributed by atoms with Gasteiger partial charge < -0.3 is 15.2 Å². The number of aromatic hydroxyl groups is 1. The van der Waals surface area contributed by atoms with Crippen LogP contribution in [0, 0.1) is 0 Å². The van der Waals surface area contributed by atoms with Crippen molar-refractivity contribution in [1.29, 1.82) is 0 Å². The Morgan fingerprint density at radius 1 is 1.21 bits per heavy atom. The van der Waals surface area contributed by atoms with E-state index >= 15 is 0 Å². The molecule has 2 aromatic carbocycles. The molecule has 0 saturated carbocycles. The van der Waals surface area contributed by atoms with Gasteiger partial charge in [0.25, 0.3) is 5.91 Å². The van der Waals surface area contributed by atoms with E-state index in [2.05, 4.69) is 21.2 Å². The first-order chi connectivity index (χ1) is 11.3. The van der Waals surface area contributed by atoms with Crippen LogP contribution in [0.1, 0.15) is 6.92 Å². The molecule has 0 spiro atoms. The zero-order chi connectivity index (χ0) is 17.7. The molecule has 128 valence electrons. The van der Waals surface area contributed by atoms with Gasteiger partial charge in [-0.2, -0.15) is 0 Å². The fourth-order valence-corrected chi connectivity index (χ4v) is 3.01. The van der Waals surface area contributed by atoms with Crippen LogP contribution in [-0.4, -0.2) is 31.8 Å². The maximum Gasteiger partial charge on any atom is 0.262 e. The van der Waals surface area contributed by atoms with E-state index in [1.807, 2.05) is 0 Å². The number of carbonyl (C=O) groups excluding carboxylic acids is 1. The van der Waals surface area contributed by atoms with E-state index in [1.165, 1.54) is 25.1 Å². The molecule has 0 bridgehead atoms. The van der Waals surface area contributed by atoms with Crippen LogP contribution < -0.4 is 10.1 Å². The van der Waals surface area contributed by atoms with Crippen molar-refractivity contribution in [2.45, 2.75) is 11.8 Å². The number of halogens is 1. The average Bonchev–Trinajstić information content (AvgIpc) is 2.56. The van der Waals surface area contributed by atoms with E-state index in [0.717, 1.165) is 4.47 Å². The molecule has 0 aliphatic rings. The summed E-state index contributed by atoms with van der Waals surface area (Å²) < 4.78 is 29.9. The molecule has 0 heterocycles. The van der Waals surface area contributed by atoms with Crippen LogP contribution in [0.5, 0.6) is 11.5 Å². The first kappa shape index (κ1) is 18.3. The Hall–Kier alpha value is -2.06. The SMILES string of the molecule is CCS(=O)(=O)c1ccc(O)c(NC(=O)COc2ccc(Br)cc2)c1. The van der Waals surface area contributed by atoms with Crippen LogP contribution in [0.25, 0.3) is 0 Å². The molecule has 0 aromatic heterocycles. The minimum Gasteiger partial charge on any atom is -0.506 e. The molecule has 2 N–H and O–H groups in total. The molecule has 0 radical (unpaired) electrons. The van der Waals surface area contributed by atoms with Crippen molar-refractivity contribution in [1.82, 2.24) is 0 Å². The number of anilines is 1. The maximum absolute atomic E-state index is 11.9. The van der Waals surface area contributed by atoms with Gasteiger partial charge in [0, 0.05) is 4.47 Å². The molecule has 0 aliphatic heterocycles. The topological polar surface area (TPSA) is 92.7 Å². The molecule has 0 atom stereocenters. The van der Waals surface area contributed by atoms with Crippen LogP contribution in [-0.2, 0) is 14.6 Å². The largest absolute Gasteiger partial charge is 0.506 e. The van der Waals surface area contributed by atoms with Gasteiger partial charge in [-0.1, -0.05) is 22.9 Å². The van der Waals surface area contributed by atoms with Gasteiger partial charge in [0.1, 0.15) is 11.5 Å². The fraction of sp³-hybridized carbons (Fsp3) is 0.188. The molecular formula is C16H16BrNO5S. The van der Waals surface area contributed by atoms with Crippen LogP contribution >= 0.6 is 15.9 Å². The molecule has 2 aromatic rings. The molecule has 0 aliphatic carbocycles. The molecule has 0 unspecified atom stereocenters. The van der Waals surface area contributed by atoms with Crippen molar-refractivity contribution in [2.24, 2.45) is 0 Å².